The summed E-state index contributed by atoms with van der Waals surface area (Å²) in [5.74, 6) is 0.186. The van der Waals surface area contributed by atoms with Crippen molar-refractivity contribution in [2.75, 3.05) is 24.4 Å². The highest BCUT2D eigenvalue weighted by atomic mass is 32.2. The van der Waals surface area contributed by atoms with Crippen LogP contribution in [0.2, 0.25) is 0 Å². The van der Waals surface area contributed by atoms with Gasteiger partial charge in [0.1, 0.15) is 11.3 Å². The van der Waals surface area contributed by atoms with E-state index in [0.717, 1.165) is 10.6 Å². The first-order chi connectivity index (χ1) is 9.67. The van der Waals surface area contributed by atoms with Crippen LogP contribution in [0.15, 0.2) is 47.4 Å². The van der Waals surface area contributed by atoms with Gasteiger partial charge in [-0.2, -0.15) is 0 Å². The molecule has 0 aliphatic heterocycles. The van der Waals surface area contributed by atoms with Gasteiger partial charge in [-0.15, -0.1) is 11.8 Å². The van der Waals surface area contributed by atoms with Gasteiger partial charge >= 0.3 is 0 Å². The van der Waals surface area contributed by atoms with E-state index in [0.29, 0.717) is 17.0 Å². The molecule has 0 saturated carbocycles. The number of para-hydroxylation sites is 1. The monoisotopic (exact) mass is 288 g/mol. The molecule has 0 unspecified atom stereocenters. The number of benzene rings is 2. The lowest BCUT2D eigenvalue weighted by Gasteiger charge is -2.13. The molecule has 0 aliphatic rings. The topological polar surface area (TPSA) is 64.3 Å². The number of rotatable bonds is 4. The minimum absolute atomic E-state index is 0.276. The number of carbonyl (C=O) groups excluding carboxylic acids is 1. The third kappa shape index (κ3) is 2.88. The van der Waals surface area contributed by atoms with Crippen molar-refractivity contribution in [3.05, 3.63) is 48.0 Å². The van der Waals surface area contributed by atoms with Crippen molar-refractivity contribution in [2.45, 2.75) is 4.90 Å². The lowest BCUT2D eigenvalue weighted by Crippen LogP contribution is -2.15. The normalized spacial score (nSPS) is 10.1. The number of hydrogen-bond donors (Lipinski definition) is 2. The summed E-state index contributed by atoms with van der Waals surface area (Å²) in [4.78, 5) is 13.4. The van der Waals surface area contributed by atoms with Gasteiger partial charge in [-0.3, -0.25) is 4.79 Å². The molecule has 2 aromatic carbocycles. The van der Waals surface area contributed by atoms with Gasteiger partial charge in [-0.05, 0) is 30.5 Å². The fraction of sp³-hybridized carbons (Fsp3) is 0.133. The average Bonchev–Trinajstić information content (AvgIpc) is 2.47. The van der Waals surface area contributed by atoms with Gasteiger partial charge < -0.3 is 15.8 Å². The van der Waals surface area contributed by atoms with E-state index in [1.807, 2.05) is 30.5 Å². The van der Waals surface area contributed by atoms with E-state index in [4.69, 9.17) is 10.5 Å². The molecule has 0 aromatic heterocycles. The van der Waals surface area contributed by atoms with Crippen molar-refractivity contribution in [1.29, 1.82) is 0 Å². The number of nitrogens with one attached hydrogen (secondary N) is 1. The number of nitrogens with two attached hydrogens (primary N) is 1. The summed E-state index contributed by atoms with van der Waals surface area (Å²) in [5, 5.41) is 2.87. The molecule has 2 rings (SSSR count). The second-order valence-corrected chi connectivity index (χ2v) is 4.93. The Labute approximate surface area is 122 Å². The van der Waals surface area contributed by atoms with Gasteiger partial charge in [0, 0.05) is 10.6 Å². The molecule has 2 aromatic rings. The highest BCUT2D eigenvalue weighted by molar-refractivity contribution is 7.98. The second kappa shape index (κ2) is 6.34. The molecule has 3 N–H and O–H groups in total. The Morgan fingerprint density at radius 2 is 1.95 bits per heavy atom. The largest absolute Gasteiger partial charge is 0.496 e. The van der Waals surface area contributed by atoms with Crippen LogP contribution in [-0.4, -0.2) is 19.3 Å². The highest BCUT2D eigenvalue weighted by Gasteiger charge is 2.16. The van der Waals surface area contributed by atoms with Crippen molar-refractivity contribution in [2.24, 2.45) is 0 Å². The van der Waals surface area contributed by atoms with Gasteiger partial charge in [-0.1, -0.05) is 18.2 Å². The molecule has 0 bridgehead atoms. The molecule has 20 heavy (non-hydrogen) atoms. The zero-order valence-corrected chi connectivity index (χ0v) is 12.2. The lowest BCUT2D eigenvalue weighted by atomic mass is 10.1. The number of amides is 1. The molecule has 5 heteroatoms. The number of carbonyl (C=O) groups is 1. The molecule has 4 nitrogen and oxygen atoms in total. The average molecular weight is 288 g/mol. The van der Waals surface area contributed by atoms with Crippen LogP contribution in [-0.2, 0) is 0 Å². The van der Waals surface area contributed by atoms with E-state index in [1.54, 1.807) is 30.0 Å². The lowest BCUT2D eigenvalue weighted by molar-refractivity contribution is 0.102. The van der Waals surface area contributed by atoms with Crippen molar-refractivity contribution in [1.82, 2.24) is 0 Å². The van der Waals surface area contributed by atoms with Crippen LogP contribution in [0.3, 0.4) is 0 Å². The third-order valence-electron chi connectivity index (χ3n) is 2.86. The quantitative estimate of drug-likeness (QED) is 0.669. The highest BCUT2D eigenvalue weighted by Crippen LogP contribution is 2.28. The summed E-state index contributed by atoms with van der Waals surface area (Å²) < 4.78 is 5.20. The zero-order chi connectivity index (χ0) is 14.5. The molecule has 0 aliphatic carbocycles. The summed E-state index contributed by atoms with van der Waals surface area (Å²) in [6.45, 7) is 0. The van der Waals surface area contributed by atoms with Gasteiger partial charge in [0.05, 0.1) is 12.8 Å². The van der Waals surface area contributed by atoms with E-state index < -0.39 is 0 Å². The maximum Gasteiger partial charge on any atom is 0.261 e. The van der Waals surface area contributed by atoms with Gasteiger partial charge in [0.2, 0.25) is 0 Å². The molecule has 0 saturated heterocycles. The smallest absolute Gasteiger partial charge is 0.261 e. The van der Waals surface area contributed by atoms with Gasteiger partial charge in [0.25, 0.3) is 5.91 Å². The Morgan fingerprint density at radius 1 is 1.20 bits per heavy atom. The minimum Gasteiger partial charge on any atom is -0.496 e. The zero-order valence-electron chi connectivity index (χ0n) is 11.3. The first kappa shape index (κ1) is 14.3. The SMILES string of the molecule is COc1cccc(N)c1C(=O)Nc1ccccc1SC. The Balaban J connectivity index is 2.33. The van der Waals surface area contributed by atoms with Crippen molar-refractivity contribution in [3.8, 4) is 5.75 Å². The first-order valence-electron chi connectivity index (χ1n) is 6.04. The number of anilines is 2. The second-order valence-electron chi connectivity index (χ2n) is 4.08. The van der Waals surface area contributed by atoms with Crippen molar-refractivity contribution >= 4 is 29.0 Å². The Bertz CT molecular complexity index is 629. The third-order valence-corrected chi connectivity index (χ3v) is 3.66. The Kier molecular flexibility index (Phi) is 4.53. The maximum atomic E-state index is 12.4. The molecular weight excluding hydrogens is 272 g/mol. The predicted molar refractivity (Wildman–Crippen MR) is 83.6 cm³/mol. The first-order valence-corrected chi connectivity index (χ1v) is 7.26. The number of nitrogen functional groups attached to an aromatic ring is 1. The summed E-state index contributed by atoms with van der Waals surface area (Å²) >= 11 is 1.57. The molecule has 0 atom stereocenters. The van der Waals surface area contributed by atoms with Crippen LogP contribution in [0, 0.1) is 0 Å². The molecule has 0 spiro atoms. The van der Waals surface area contributed by atoms with Crippen LogP contribution in [0.25, 0.3) is 0 Å². The minimum atomic E-state index is -0.276. The Hall–Kier alpha value is -2.14. The van der Waals surface area contributed by atoms with E-state index >= 15 is 0 Å². The standard InChI is InChI=1S/C15H16N2O2S/c1-19-12-8-5-6-10(16)14(12)15(18)17-11-7-3-4-9-13(11)20-2/h3-9H,16H2,1-2H3,(H,17,18). The van der Waals surface area contributed by atoms with Gasteiger partial charge in [0.15, 0.2) is 0 Å². The number of hydrogen-bond acceptors (Lipinski definition) is 4. The summed E-state index contributed by atoms with van der Waals surface area (Å²) in [7, 11) is 1.52. The van der Waals surface area contributed by atoms with Gasteiger partial charge in [-0.25, -0.2) is 0 Å². The molecule has 0 heterocycles. The van der Waals surface area contributed by atoms with Crippen LogP contribution in [0.4, 0.5) is 11.4 Å². The Morgan fingerprint density at radius 3 is 2.65 bits per heavy atom. The maximum absolute atomic E-state index is 12.4. The predicted octanol–water partition coefficient (Wildman–Crippen LogP) is 3.25. The molecule has 0 radical (unpaired) electrons. The molecular formula is C15H16N2O2S. The van der Waals surface area contributed by atoms with Crippen LogP contribution >= 0.6 is 11.8 Å². The molecule has 0 fully saturated rings. The molecule has 104 valence electrons. The van der Waals surface area contributed by atoms with E-state index in [1.165, 1.54) is 7.11 Å². The number of methoxy groups -OCH3 is 1. The fourth-order valence-corrected chi connectivity index (χ4v) is 2.45. The van der Waals surface area contributed by atoms with Crippen LogP contribution in [0.5, 0.6) is 5.75 Å². The van der Waals surface area contributed by atoms with Crippen LogP contribution in [0.1, 0.15) is 10.4 Å². The van der Waals surface area contributed by atoms with Crippen molar-refractivity contribution in [3.63, 3.8) is 0 Å². The summed E-state index contributed by atoms with van der Waals surface area (Å²) in [5.41, 5.74) is 7.38. The van der Waals surface area contributed by atoms with Crippen molar-refractivity contribution < 1.29 is 9.53 Å². The fourth-order valence-electron chi connectivity index (χ4n) is 1.89. The van der Waals surface area contributed by atoms with E-state index in [-0.39, 0.29) is 5.91 Å². The summed E-state index contributed by atoms with van der Waals surface area (Å²) in [6.07, 6.45) is 1.96. The molecule has 1 amide bonds. The number of ether oxygens (including phenoxy) is 1. The van der Waals surface area contributed by atoms with E-state index in [2.05, 4.69) is 5.32 Å². The number of thioether (sulfide) groups is 1. The van der Waals surface area contributed by atoms with Crippen LogP contribution < -0.4 is 15.8 Å². The summed E-state index contributed by atoms with van der Waals surface area (Å²) in [6, 6.07) is 12.8. The van der Waals surface area contributed by atoms with E-state index in [9.17, 15) is 4.79 Å².